The molecular weight excluding hydrogens is 280 g/mol. The smallest absolute Gasteiger partial charge is 0.260 e. The van der Waals surface area contributed by atoms with E-state index in [-0.39, 0.29) is 17.2 Å². The van der Waals surface area contributed by atoms with Gasteiger partial charge < -0.3 is 10.1 Å². The van der Waals surface area contributed by atoms with Crippen LogP contribution in [-0.2, 0) is 21.3 Å². The van der Waals surface area contributed by atoms with Gasteiger partial charge in [-0.3, -0.25) is 5.10 Å². The highest BCUT2D eigenvalue weighted by Crippen LogP contribution is 2.24. The molecule has 0 aromatic carbocycles. The average molecular weight is 302 g/mol. The minimum absolute atomic E-state index is 0.0793. The molecule has 0 radical (unpaired) electrons. The molecule has 2 rings (SSSR count). The third kappa shape index (κ3) is 3.20. The van der Waals surface area contributed by atoms with Gasteiger partial charge in [0.1, 0.15) is 0 Å². The Balaban J connectivity index is 2.15. The Morgan fingerprint density at radius 2 is 2.20 bits per heavy atom. The van der Waals surface area contributed by atoms with Crippen molar-refractivity contribution in [2.24, 2.45) is 0 Å². The number of H-pyrrole nitrogens is 1. The van der Waals surface area contributed by atoms with Gasteiger partial charge in [-0.15, -0.1) is 0 Å². The minimum Gasteiger partial charge on any atom is -0.381 e. The number of rotatable bonds is 6. The van der Waals surface area contributed by atoms with Crippen molar-refractivity contribution in [1.82, 2.24) is 20.2 Å². The van der Waals surface area contributed by atoms with Gasteiger partial charge in [0, 0.05) is 31.0 Å². The molecule has 1 aliphatic carbocycles. The third-order valence-electron chi connectivity index (χ3n) is 3.68. The monoisotopic (exact) mass is 302 g/mol. The van der Waals surface area contributed by atoms with Crippen LogP contribution in [-0.4, -0.2) is 44.9 Å². The van der Waals surface area contributed by atoms with Crippen LogP contribution in [0.2, 0.25) is 0 Å². The number of ether oxygens (including phenoxy) is 1. The number of hydrogen-bond donors (Lipinski definition) is 3. The van der Waals surface area contributed by atoms with Crippen molar-refractivity contribution in [2.75, 3.05) is 14.2 Å². The molecule has 0 aliphatic heterocycles. The number of sulfonamides is 1. The number of aromatic amines is 1. The molecule has 0 spiro atoms. The first-order valence-electron chi connectivity index (χ1n) is 6.71. The van der Waals surface area contributed by atoms with Crippen molar-refractivity contribution in [3.8, 4) is 0 Å². The molecule has 114 valence electrons. The van der Waals surface area contributed by atoms with E-state index in [1.807, 2.05) is 6.92 Å². The predicted molar refractivity (Wildman–Crippen MR) is 74.8 cm³/mol. The van der Waals surface area contributed by atoms with Crippen LogP contribution in [0.15, 0.2) is 5.03 Å². The minimum atomic E-state index is -3.60. The molecule has 1 aromatic heterocycles. The fourth-order valence-corrected chi connectivity index (χ4v) is 4.05. The zero-order valence-electron chi connectivity index (χ0n) is 12.1. The summed E-state index contributed by atoms with van der Waals surface area (Å²) >= 11 is 0. The Kier molecular flexibility index (Phi) is 4.79. The lowest BCUT2D eigenvalue weighted by Crippen LogP contribution is -2.34. The van der Waals surface area contributed by atoms with Gasteiger partial charge >= 0.3 is 0 Å². The number of methoxy groups -OCH3 is 1. The second-order valence-corrected chi connectivity index (χ2v) is 6.78. The first-order valence-corrected chi connectivity index (χ1v) is 8.19. The summed E-state index contributed by atoms with van der Waals surface area (Å²) < 4.78 is 32.9. The second kappa shape index (κ2) is 6.21. The molecule has 8 heteroatoms. The molecule has 0 amide bonds. The predicted octanol–water partition coefficient (Wildman–Crippen LogP) is 0.283. The molecule has 1 heterocycles. The van der Waals surface area contributed by atoms with Crippen molar-refractivity contribution < 1.29 is 13.2 Å². The van der Waals surface area contributed by atoms with E-state index in [4.69, 9.17) is 4.74 Å². The number of nitrogens with one attached hydrogen (secondary N) is 3. The maximum Gasteiger partial charge on any atom is 0.260 e. The number of hydrogen-bond acceptors (Lipinski definition) is 5. The maximum atomic E-state index is 12.4. The van der Waals surface area contributed by atoms with Crippen LogP contribution in [0.4, 0.5) is 0 Å². The Hall–Kier alpha value is -0.960. The highest BCUT2D eigenvalue weighted by Gasteiger charge is 2.31. The van der Waals surface area contributed by atoms with Crippen LogP contribution in [0.3, 0.4) is 0 Å². The summed E-state index contributed by atoms with van der Waals surface area (Å²) in [6, 6.07) is -0.0793. The lowest BCUT2D eigenvalue weighted by molar-refractivity contribution is 0.107. The molecule has 1 saturated carbocycles. The van der Waals surface area contributed by atoms with Crippen molar-refractivity contribution in [2.45, 2.75) is 49.9 Å². The summed E-state index contributed by atoms with van der Waals surface area (Å²) in [4.78, 5) is 0. The van der Waals surface area contributed by atoms with E-state index in [0.29, 0.717) is 18.5 Å². The van der Waals surface area contributed by atoms with Gasteiger partial charge in [-0.05, 0) is 33.2 Å². The highest BCUT2D eigenvalue weighted by atomic mass is 32.2. The van der Waals surface area contributed by atoms with Crippen molar-refractivity contribution in [3.05, 3.63) is 11.3 Å². The zero-order valence-corrected chi connectivity index (χ0v) is 12.9. The second-order valence-electron chi connectivity index (χ2n) is 5.15. The van der Waals surface area contributed by atoms with Gasteiger partial charge in [0.05, 0.1) is 6.10 Å². The summed E-state index contributed by atoms with van der Waals surface area (Å²) in [5, 5.41) is 9.73. The first kappa shape index (κ1) is 15.4. The highest BCUT2D eigenvalue weighted by molar-refractivity contribution is 7.89. The quantitative estimate of drug-likeness (QED) is 0.701. The molecule has 1 aromatic rings. The first-order chi connectivity index (χ1) is 9.47. The molecule has 1 aliphatic rings. The average Bonchev–Trinajstić information content (AvgIpc) is 2.97. The SMILES string of the molecule is CNCc1c(S(=O)(=O)NC2CCC(OC)C2)n[nH]c1C. The summed E-state index contributed by atoms with van der Waals surface area (Å²) in [6.45, 7) is 2.28. The molecule has 0 bridgehead atoms. The molecule has 3 N–H and O–H groups in total. The van der Waals surface area contributed by atoms with Gasteiger partial charge in [-0.2, -0.15) is 5.10 Å². The Bertz CT molecular complexity index is 555. The summed E-state index contributed by atoms with van der Waals surface area (Å²) in [7, 11) is -0.165. The summed E-state index contributed by atoms with van der Waals surface area (Å²) in [5.41, 5.74) is 1.45. The fraction of sp³-hybridized carbons (Fsp3) is 0.750. The van der Waals surface area contributed by atoms with Crippen molar-refractivity contribution >= 4 is 10.0 Å². The normalized spacial score (nSPS) is 23.4. The van der Waals surface area contributed by atoms with E-state index in [2.05, 4.69) is 20.2 Å². The zero-order chi connectivity index (χ0) is 14.8. The van der Waals surface area contributed by atoms with Gasteiger partial charge in [0.2, 0.25) is 0 Å². The molecule has 20 heavy (non-hydrogen) atoms. The van der Waals surface area contributed by atoms with E-state index in [1.165, 1.54) is 0 Å². The molecule has 1 fully saturated rings. The van der Waals surface area contributed by atoms with Gasteiger partial charge in [-0.25, -0.2) is 13.1 Å². The van der Waals surface area contributed by atoms with Gasteiger partial charge in [0.25, 0.3) is 10.0 Å². The van der Waals surface area contributed by atoms with E-state index >= 15 is 0 Å². The Morgan fingerprint density at radius 1 is 1.45 bits per heavy atom. The number of aromatic nitrogens is 2. The number of aryl methyl sites for hydroxylation is 1. The molecule has 0 saturated heterocycles. The van der Waals surface area contributed by atoms with Crippen LogP contribution in [0.1, 0.15) is 30.5 Å². The topological polar surface area (TPSA) is 96.1 Å². The fourth-order valence-electron chi connectivity index (χ4n) is 2.57. The van der Waals surface area contributed by atoms with Crippen LogP contribution in [0.25, 0.3) is 0 Å². The van der Waals surface area contributed by atoms with E-state index in [0.717, 1.165) is 18.5 Å². The van der Waals surface area contributed by atoms with Crippen LogP contribution >= 0.6 is 0 Å². The largest absolute Gasteiger partial charge is 0.381 e. The Labute approximate surface area is 119 Å². The molecule has 7 nitrogen and oxygen atoms in total. The third-order valence-corrected chi connectivity index (χ3v) is 5.17. The van der Waals surface area contributed by atoms with Crippen LogP contribution in [0, 0.1) is 6.92 Å². The lowest BCUT2D eigenvalue weighted by atomic mass is 10.3. The van der Waals surface area contributed by atoms with E-state index in [1.54, 1.807) is 14.2 Å². The standard InChI is InChI=1S/C12H22N4O3S/c1-8-11(7-13-2)12(15-14-8)20(17,18)16-9-4-5-10(6-9)19-3/h9-10,13,16H,4-7H2,1-3H3,(H,14,15). The van der Waals surface area contributed by atoms with Crippen molar-refractivity contribution in [3.63, 3.8) is 0 Å². The number of nitrogens with zero attached hydrogens (tertiary/aromatic N) is 1. The summed E-state index contributed by atoms with van der Waals surface area (Å²) in [5.74, 6) is 0. The van der Waals surface area contributed by atoms with E-state index in [9.17, 15) is 8.42 Å². The molecule has 2 atom stereocenters. The van der Waals surface area contributed by atoms with Crippen molar-refractivity contribution in [1.29, 1.82) is 0 Å². The summed E-state index contributed by atoms with van der Waals surface area (Å²) in [6.07, 6.45) is 2.52. The van der Waals surface area contributed by atoms with Crippen LogP contribution < -0.4 is 10.0 Å². The Morgan fingerprint density at radius 3 is 2.80 bits per heavy atom. The molecule has 2 unspecified atom stereocenters. The lowest BCUT2D eigenvalue weighted by Gasteiger charge is -2.13. The van der Waals surface area contributed by atoms with Gasteiger partial charge in [-0.1, -0.05) is 0 Å². The van der Waals surface area contributed by atoms with E-state index < -0.39 is 10.0 Å². The van der Waals surface area contributed by atoms with Gasteiger partial charge in [0.15, 0.2) is 5.03 Å². The maximum absolute atomic E-state index is 12.4. The van der Waals surface area contributed by atoms with Crippen LogP contribution in [0.5, 0.6) is 0 Å². The molecular formula is C12H22N4O3S.